The Morgan fingerprint density at radius 2 is 2.10 bits per heavy atom. The number of nitrogens with one attached hydrogen (secondary N) is 1. The van der Waals surface area contributed by atoms with Crippen LogP contribution in [0, 0.1) is 6.92 Å². The molecule has 20 heavy (non-hydrogen) atoms. The van der Waals surface area contributed by atoms with Gasteiger partial charge >= 0.3 is 5.97 Å². The quantitative estimate of drug-likeness (QED) is 0.881. The number of nitrogens with zero attached hydrogens (tertiary/aromatic N) is 1. The van der Waals surface area contributed by atoms with Crippen molar-refractivity contribution in [1.29, 1.82) is 0 Å². The van der Waals surface area contributed by atoms with Crippen molar-refractivity contribution in [1.82, 2.24) is 4.98 Å². The molecule has 0 radical (unpaired) electrons. The van der Waals surface area contributed by atoms with E-state index >= 15 is 0 Å². The number of carboxylic acids is 1. The fraction of sp³-hybridized carbons (Fsp3) is 0.167. The minimum Gasteiger partial charge on any atom is -0.476 e. The van der Waals surface area contributed by atoms with Crippen molar-refractivity contribution >= 4 is 32.3 Å². The van der Waals surface area contributed by atoms with Gasteiger partial charge in [0.05, 0.1) is 11.3 Å². The van der Waals surface area contributed by atoms with Gasteiger partial charge in [-0.2, -0.15) is 0 Å². The van der Waals surface area contributed by atoms with Gasteiger partial charge in [-0.05, 0) is 18.1 Å². The van der Waals surface area contributed by atoms with E-state index in [0.717, 1.165) is 16.9 Å². The molecule has 0 bridgehead atoms. The predicted octanol–water partition coefficient (Wildman–Crippen LogP) is 2.09. The smallest absolute Gasteiger partial charge is 0.357 e. The highest BCUT2D eigenvalue weighted by molar-refractivity contribution is 7.92. The number of thiazole rings is 1. The fourth-order valence-electron chi connectivity index (χ4n) is 1.63. The highest BCUT2D eigenvalue weighted by Gasteiger charge is 2.20. The second-order valence-corrected chi connectivity index (χ2v) is 6.70. The number of hydrogen-bond acceptors (Lipinski definition) is 5. The van der Waals surface area contributed by atoms with Crippen LogP contribution in [0.2, 0.25) is 0 Å². The molecule has 0 aliphatic rings. The van der Waals surface area contributed by atoms with E-state index in [2.05, 4.69) is 9.71 Å². The van der Waals surface area contributed by atoms with Crippen LogP contribution in [0.15, 0.2) is 29.8 Å². The lowest BCUT2D eigenvalue weighted by Gasteiger charge is -2.08. The summed E-state index contributed by atoms with van der Waals surface area (Å²) in [5.41, 5.74) is 2.53. The van der Waals surface area contributed by atoms with Gasteiger partial charge in [0.1, 0.15) is 5.00 Å². The van der Waals surface area contributed by atoms with Crippen LogP contribution in [0.5, 0.6) is 0 Å². The minimum atomic E-state index is -3.68. The summed E-state index contributed by atoms with van der Waals surface area (Å²) in [5.74, 6) is -1.48. The third-order valence-electron chi connectivity index (χ3n) is 2.62. The standard InChI is InChI=1S/C12H12N2O4S2/c1-8-4-2-3-5-9(8)6-20(17,18)14-11-10(12(15)16)13-7-19-11/h2-5,7,14H,6H2,1H3,(H,15,16). The molecule has 2 aromatic rings. The van der Waals surface area contributed by atoms with Gasteiger partial charge in [0.2, 0.25) is 10.0 Å². The highest BCUT2D eigenvalue weighted by atomic mass is 32.2. The molecule has 0 atom stereocenters. The Bertz CT molecular complexity index is 737. The minimum absolute atomic E-state index is 0.0195. The Morgan fingerprint density at radius 1 is 1.40 bits per heavy atom. The lowest BCUT2D eigenvalue weighted by Crippen LogP contribution is -2.16. The average Bonchev–Trinajstić information content (AvgIpc) is 2.79. The van der Waals surface area contributed by atoms with E-state index in [9.17, 15) is 13.2 Å². The van der Waals surface area contributed by atoms with Crippen molar-refractivity contribution in [3.8, 4) is 0 Å². The first-order valence-electron chi connectivity index (χ1n) is 5.61. The van der Waals surface area contributed by atoms with Gasteiger partial charge in [-0.25, -0.2) is 18.2 Å². The van der Waals surface area contributed by atoms with Gasteiger partial charge in [0.25, 0.3) is 0 Å². The summed E-state index contributed by atoms with van der Waals surface area (Å²) < 4.78 is 26.4. The second kappa shape index (κ2) is 5.59. The van der Waals surface area contributed by atoms with Crippen LogP contribution in [0.4, 0.5) is 5.00 Å². The average molecular weight is 312 g/mol. The third-order valence-corrected chi connectivity index (χ3v) is 4.70. The molecule has 2 N–H and O–H groups in total. The Kier molecular flexibility index (Phi) is 4.05. The molecule has 0 saturated heterocycles. The second-order valence-electron chi connectivity index (χ2n) is 4.12. The van der Waals surface area contributed by atoms with Gasteiger partial charge in [-0.3, -0.25) is 4.72 Å². The van der Waals surface area contributed by atoms with E-state index in [-0.39, 0.29) is 16.4 Å². The molecule has 106 valence electrons. The number of benzene rings is 1. The molecule has 2 rings (SSSR count). The van der Waals surface area contributed by atoms with Crippen LogP contribution in [-0.4, -0.2) is 24.5 Å². The van der Waals surface area contributed by atoms with E-state index in [1.54, 1.807) is 12.1 Å². The summed E-state index contributed by atoms with van der Waals surface area (Å²) >= 11 is 0.937. The molecule has 0 amide bonds. The normalized spacial score (nSPS) is 11.2. The first-order valence-corrected chi connectivity index (χ1v) is 8.14. The number of aromatic nitrogens is 1. The molecule has 0 saturated carbocycles. The Hall–Kier alpha value is -1.93. The van der Waals surface area contributed by atoms with E-state index in [0.29, 0.717) is 5.56 Å². The number of rotatable bonds is 5. The molecular formula is C12H12N2O4S2. The molecule has 6 nitrogen and oxygen atoms in total. The zero-order valence-electron chi connectivity index (χ0n) is 10.5. The monoisotopic (exact) mass is 312 g/mol. The van der Waals surface area contributed by atoms with Gasteiger partial charge in [0, 0.05) is 0 Å². The van der Waals surface area contributed by atoms with Crippen molar-refractivity contribution in [3.05, 3.63) is 46.6 Å². The fourth-order valence-corrected chi connectivity index (χ4v) is 3.90. The maximum absolute atomic E-state index is 12.1. The number of carbonyl (C=O) groups is 1. The molecule has 0 spiro atoms. The van der Waals surface area contributed by atoms with E-state index in [1.165, 1.54) is 5.51 Å². The molecular weight excluding hydrogens is 300 g/mol. The zero-order valence-corrected chi connectivity index (χ0v) is 12.2. The Morgan fingerprint density at radius 3 is 2.75 bits per heavy atom. The first kappa shape index (κ1) is 14.5. The van der Waals surface area contributed by atoms with Crippen molar-refractivity contribution < 1.29 is 18.3 Å². The summed E-state index contributed by atoms with van der Waals surface area (Å²) in [6.07, 6.45) is 0. The molecule has 0 fully saturated rings. The van der Waals surface area contributed by atoms with E-state index in [4.69, 9.17) is 5.11 Å². The number of aryl methyl sites for hydroxylation is 1. The number of sulfonamides is 1. The van der Waals surface area contributed by atoms with Crippen molar-refractivity contribution in [2.75, 3.05) is 4.72 Å². The number of hydrogen-bond donors (Lipinski definition) is 2. The largest absolute Gasteiger partial charge is 0.476 e. The van der Waals surface area contributed by atoms with Crippen LogP contribution in [0.1, 0.15) is 21.6 Å². The summed E-state index contributed by atoms with van der Waals surface area (Å²) in [4.78, 5) is 14.5. The topological polar surface area (TPSA) is 96.4 Å². The van der Waals surface area contributed by atoms with Crippen molar-refractivity contribution in [3.63, 3.8) is 0 Å². The van der Waals surface area contributed by atoms with E-state index < -0.39 is 16.0 Å². The number of carboxylic acid groups (broad SMARTS) is 1. The zero-order chi connectivity index (χ0) is 14.8. The summed E-state index contributed by atoms with van der Waals surface area (Å²) in [5, 5.41) is 8.91. The van der Waals surface area contributed by atoms with Crippen molar-refractivity contribution in [2.45, 2.75) is 12.7 Å². The number of aromatic carboxylic acids is 1. The lowest BCUT2D eigenvalue weighted by molar-refractivity contribution is 0.0692. The van der Waals surface area contributed by atoms with Crippen LogP contribution >= 0.6 is 11.3 Å². The van der Waals surface area contributed by atoms with Gasteiger partial charge < -0.3 is 5.11 Å². The summed E-state index contributed by atoms with van der Waals surface area (Å²) in [7, 11) is -3.68. The van der Waals surface area contributed by atoms with Crippen LogP contribution in [0.25, 0.3) is 0 Å². The molecule has 0 unspecified atom stereocenters. The maximum atomic E-state index is 12.1. The molecule has 8 heteroatoms. The lowest BCUT2D eigenvalue weighted by atomic mass is 10.1. The SMILES string of the molecule is Cc1ccccc1CS(=O)(=O)Nc1scnc1C(=O)O. The predicted molar refractivity (Wildman–Crippen MR) is 76.5 cm³/mol. The summed E-state index contributed by atoms with van der Waals surface area (Å²) in [6, 6.07) is 7.12. The maximum Gasteiger partial charge on any atom is 0.357 e. The van der Waals surface area contributed by atoms with Crippen LogP contribution in [-0.2, 0) is 15.8 Å². The molecule has 1 aromatic carbocycles. The van der Waals surface area contributed by atoms with Crippen LogP contribution < -0.4 is 4.72 Å². The third kappa shape index (κ3) is 3.34. The van der Waals surface area contributed by atoms with Gasteiger partial charge in [0.15, 0.2) is 5.69 Å². The first-order chi connectivity index (χ1) is 9.39. The molecule has 1 aromatic heterocycles. The Labute approximate surface area is 120 Å². The van der Waals surface area contributed by atoms with Crippen molar-refractivity contribution in [2.24, 2.45) is 0 Å². The van der Waals surface area contributed by atoms with Crippen LogP contribution in [0.3, 0.4) is 0 Å². The highest BCUT2D eigenvalue weighted by Crippen LogP contribution is 2.23. The molecule has 1 heterocycles. The number of anilines is 1. The summed E-state index contributed by atoms with van der Waals surface area (Å²) in [6.45, 7) is 1.82. The Balaban J connectivity index is 2.22. The molecule has 0 aliphatic carbocycles. The van der Waals surface area contributed by atoms with Gasteiger partial charge in [-0.1, -0.05) is 24.3 Å². The van der Waals surface area contributed by atoms with E-state index in [1.807, 2.05) is 19.1 Å². The molecule has 0 aliphatic heterocycles. The van der Waals surface area contributed by atoms with Gasteiger partial charge in [-0.15, -0.1) is 11.3 Å².